The van der Waals surface area contributed by atoms with E-state index in [9.17, 15) is 9.59 Å². The van der Waals surface area contributed by atoms with Crippen LogP contribution in [0.2, 0.25) is 0 Å². The van der Waals surface area contributed by atoms with Gasteiger partial charge < -0.3 is 10.2 Å². The first-order chi connectivity index (χ1) is 13.9. The van der Waals surface area contributed by atoms with Gasteiger partial charge in [-0.3, -0.25) is 9.59 Å². The summed E-state index contributed by atoms with van der Waals surface area (Å²) in [7, 11) is 0. The summed E-state index contributed by atoms with van der Waals surface area (Å²) in [6.07, 6.45) is 6.09. The maximum Gasteiger partial charge on any atom is 0.272 e. The fraction of sp³-hybridized carbons (Fsp3) is 0.522. The maximum atomic E-state index is 13.0. The molecule has 154 valence electrons. The fourth-order valence-corrected chi connectivity index (χ4v) is 4.71. The second kappa shape index (κ2) is 7.65. The van der Waals surface area contributed by atoms with Gasteiger partial charge in [0.1, 0.15) is 0 Å². The first kappa shape index (κ1) is 19.7. The zero-order valence-corrected chi connectivity index (χ0v) is 17.5. The average molecular weight is 395 g/mol. The molecule has 1 N–H and O–H groups in total. The number of hydrogen-bond acceptors (Lipinski definition) is 3. The predicted molar refractivity (Wildman–Crippen MR) is 112 cm³/mol. The fourth-order valence-electron chi connectivity index (χ4n) is 4.71. The van der Waals surface area contributed by atoms with Crippen molar-refractivity contribution in [2.75, 3.05) is 13.1 Å². The van der Waals surface area contributed by atoms with Crippen LogP contribution in [0.3, 0.4) is 0 Å². The molecule has 2 aromatic rings. The molecule has 4 rings (SSSR count). The van der Waals surface area contributed by atoms with Crippen LogP contribution in [0.4, 0.5) is 0 Å². The zero-order valence-electron chi connectivity index (χ0n) is 17.5. The van der Waals surface area contributed by atoms with Gasteiger partial charge in [-0.15, -0.1) is 0 Å². The molecule has 2 atom stereocenters. The van der Waals surface area contributed by atoms with Crippen LogP contribution < -0.4 is 5.32 Å². The van der Waals surface area contributed by atoms with Gasteiger partial charge in [-0.05, 0) is 37.8 Å². The third-order valence-corrected chi connectivity index (χ3v) is 6.57. The van der Waals surface area contributed by atoms with Gasteiger partial charge in [0.05, 0.1) is 11.7 Å². The molecule has 29 heavy (non-hydrogen) atoms. The molecule has 2 fully saturated rings. The molecular weight excluding hydrogens is 364 g/mol. The van der Waals surface area contributed by atoms with E-state index in [0.29, 0.717) is 18.8 Å². The van der Waals surface area contributed by atoms with Crippen LogP contribution in [0.15, 0.2) is 36.5 Å². The standard InChI is InChI=1S/C23H30N4O2/c1-16-13-26(22(29)23(3)11-7-8-12-23)15-19(16)24-21(28)20-17(2)14-27(25-20)18-9-5-4-6-10-18/h4-6,9-10,14,16,19H,7-8,11-13,15H2,1-3H3,(H,24,28)/t16-,19-/m1/s1. The lowest BCUT2D eigenvalue weighted by molar-refractivity contribution is -0.140. The molecule has 1 aromatic carbocycles. The van der Waals surface area contributed by atoms with Crippen molar-refractivity contribution in [3.8, 4) is 5.69 Å². The highest BCUT2D eigenvalue weighted by atomic mass is 16.2. The molecule has 2 amide bonds. The number of nitrogens with one attached hydrogen (secondary N) is 1. The van der Waals surface area contributed by atoms with E-state index in [-0.39, 0.29) is 29.2 Å². The van der Waals surface area contributed by atoms with Gasteiger partial charge >= 0.3 is 0 Å². The smallest absolute Gasteiger partial charge is 0.272 e. The summed E-state index contributed by atoms with van der Waals surface area (Å²) in [4.78, 5) is 27.9. The molecule has 0 bridgehead atoms. The Kier molecular flexibility index (Phi) is 5.19. The van der Waals surface area contributed by atoms with Crippen molar-refractivity contribution in [1.29, 1.82) is 0 Å². The summed E-state index contributed by atoms with van der Waals surface area (Å²) in [5.41, 5.74) is 1.98. The van der Waals surface area contributed by atoms with Crippen LogP contribution in [0.5, 0.6) is 0 Å². The van der Waals surface area contributed by atoms with Crippen molar-refractivity contribution in [2.45, 2.75) is 52.5 Å². The number of nitrogens with zero attached hydrogens (tertiary/aromatic N) is 3. The topological polar surface area (TPSA) is 67.2 Å². The normalized spacial score (nSPS) is 23.3. The summed E-state index contributed by atoms with van der Waals surface area (Å²) >= 11 is 0. The number of hydrogen-bond donors (Lipinski definition) is 1. The molecule has 1 aromatic heterocycles. The van der Waals surface area contributed by atoms with Crippen molar-refractivity contribution in [2.24, 2.45) is 11.3 Å². The molecule has 0 radical (unpaired) electrons. The minimum Gasteiger partial charge on any atom is -0.346 e. The first-order valence-corrected chi connectivity index (χ1v) is 10.6. The minimum absolute atomic E-state index is 0.0438. The molecule has 6 nitrogen and oxygen atoms in total. The number of likely N-dealkylation sites (tertiary alicyclic amines) is 1. The van der Waals surface area contributed by atoms with Crippen LogP contribution in [-0.2, 0) is 4.79 Å². The molecule has 1 aliphatic carbocycles. The molecule has 0 unspecified atom stereocenters. The molecule has 2 heterocycles. The van der Waals surface area contributed by atoms with E-state index in [2.05, 4.69) is 24.3 Å². The molecule has 1 saturated heterocycles. The van der Waals surface area contributed by atoms with Gasteiger partial charge in [-0.2, -0.15) is 5.10 Å². The van der Waals surface area contributed by atoms with E-state index in [1.165, 1.54) is 0 Å². The zero-order chi connectivity index (χ0) is 20.6. The lowest BCUT2D eigenvalue weighted by atomic mass is 9.87. The Morgan fingerprint density at radius 2 is 1.83 bits per heavy atom. The summed E-state index contributed by atoms with van der Waals surface area (Å²) in [6, 6.07) is 9.72. The van der Waals surface area contributed by atoms with Gasteiger partial charge in [-0.1, -0.05) is 44.9 Å². The van der Waals surface area contributed by atoms with Crippen molar-refractivity contribution in [3.63, 3.8) is 0 Å². The molecule has 6 heteroatoms. The largest absolute Gasteiger partial charge is 0.346 e. The third kappa shape index (κ3) is 3.80. The number of amides is 2. The first-order valence-electron chi connectivity index (χ1n) is 10.6. The predicted octanol–water partition coefficient (Wildman–Crippen LogP) is 3.34. The van der Waals surface area contributed by atoms with Crippen LogP contribution in [0, 0.1) is 18.3 Å². The van der Waals surface area contributed by atoms with Crippen LogP contribution >= 0.6 is 0 Å². The molecule has 2 aliphatic rings. The van der Waals surface area contributed by atoms with Crippen molar-refractivity contribution >= 4 is 11.8 Å². The SMILES string of the molecule is Cc1cn(-c2ccccc2)nc1C(=O)N[C@@H]1CN(C(=O)C2(C)CCCC2)C[C@H]1C. The molecular formula is C23H30N4O2. The summed E-state index contributed by atoms with van der Waals surface area (Å²) < 4.78 is 1.74. The van der Waals surface area contributed by atoms with Gasteiger partial charge in [0.2, 0.25) is 5.91 Å². The lowest BCUT2D eigenvalue weighted by Gasteiger charge is -2.28. The number of para-hydroxylation sites is 1. The Bertz CT molecular complexity index is 899. The van der Waals surface area contributed by atoms with E-state index in [1.807, 2.05) is 48.4 Å². The van der Waals surface area contributed by atoms with E-state index in [4.69, 9.17) is 0 Å². The van der Waals surface area contributed by atoms with E-state index in [0.717, 1.165) is 36.9 Å². The number of carbonyl (C=O) groups is 2. The second-order valence-corrected chi connectivity index (χ2v) is 8.98. The van der Waals surface area contributed by atoms with Gasteiger partial charge in [0.25, 0.3) is 5.91 Å². The minimum atomic E-state index is -0.219. The van der Waals surface area contributed by atoms with Gasteiger partial charge in [0, 0.05) is 30.3 Å². The maximum absolute atomic E-state index is 13.0. The Labute approximate surface area is 172 Å². The van der Waals surface area contributed by atoms with Gasteiger partial charge in [0.15, 0.2) is 5.69 Å². The highest BCUT2D eigenvalue weighted by Crippen LogP contribution is 2.40. The molecule has 0 spiro atoms. The van der Waals surface area contributed by atoms with E-state index >= 15 is 0 Å². The summed E-state index contributed by atoms with van der Waals surface area (Å²) in [5.74, 6) is 0.308. The van der Waals surface area contributed by atoms with Gasteiger partial charge in [-0.25, -0.2) is 4.68 Å². The van der Waals surface area contributed by atoms with Crippen molar-refractivity contribution in [1.82, 2.24) is 20.0 Å². The average Bonchev–Trinajstić information content (AvgIpc) is 3.42. The summed E-state index contributed by atoms with van der Waals surface area (Å²) in [5, 5.41) is 7.63. The molecule has 1 aliphatic heterocycles. The quantitative estimate of drug-likeness (QED) is 0.865. The lowest BCUT2D eigenvalue weighted by Crippen LogP contribution is -2.43. The number of carbonyl (C=O) groups excluding carboxylic acids is 2. The Morgan fingerprint density at radius 1 is 1.14 bits per heavy atom. The third-order valence-electron chi connectivity index (χ3n) is 6.57. The van der Waals surface area contributed by atoms with Crippen LogP contribution in [0.1, 0.15) is 55.6 Å². The highest BCUT2D eigenvalue weighted by Gasteiger charge is 2.43. The number of aromatic nitrogens is 2. The molecule has 1 saturated carbocycles. The Morgan fingerprint density at radius 3 is 2.52 bits per heavy atom. The number of aryl methyl sites for hydroxylation is 1. The van der Waals surface area contributed by atoms with Crippen LogP contribution in [0.25, 0.3) is 5.69 Å². The van der Waals surface area contributed by atoms with E-state index in [1.54, 1.807) is 4.68 Å². The van der Waals surface area contributed by atoms with Crippen molar-refractivity contribution in [3.05, 3.63) is 47.8 Å². The monoisotopic (exact) mass is 394 g/mol. The van der Waals surface area contributed by atoms with E-state index < -0.39 is 0 Å². The second-order valence-electron chi connectivity index (χ2n) is 8.98. The number of rotatable bonds is 4. The highest BCUT2D eigenvalue weighted by molar-refractivity contribution is 5.94. The number of benzene rings is 1. The summed E-state index contributed by atoms with van der Waals surface area (Å²) in [6.45, 7) is 7.38. The van der Waals surface area contributed by atoms with Crippen LogP contribution in [-0.4, -0.2) is 45.6 Å². The Hall–Kier alpha value is -2.63. The Balaban J connectivity index is 1.44. The van der Waals surface area contributed by atoms with Crippen molar-refractivity contribution < 1.29 is 9.59 Å².